The van der Waals surface area contributed by atoms with Crippen LogP contribution in [-0.2, 0) is 31.1 Å². The van der Waals surface area contributed by atoms with E-state index in [2.05, 4.69) is 20.4 Å². The molecule has 22 heavy (non-hydrogen) atoms. The molecule has 2 rings (SSSR count). The van der Waals surface area contributed by atoms with Crippen molar-refractivity contribution in [3.05, 3.63) is 47.0 Å². The molecule has 0 N–H and O–H groups in total. The van der Waals surface area contributed by atoms with E-state index >= 15 is 0 Å². The van der Waals surface area contributed by atoms with Gasteiger partial charge in [-0.15, -0.1) is 0 Å². The first-order chi connectivity index (χ1) is 10.2. The molecule has 0 bridgehead atoms. The summed E-state index contributed by atoms with van der Waals surface area (Å²) in [5.41, 5.74) is 3.40. The highest BCUT2D eigenvalue weighted by atomic mass is 16.5. The van der Waals surface area contributed by atoms with Crippen LogP contribution in [0.2, 0.25) is 0 Å². The second-order valence-electron chi connectivity index (χ2n) is 6.46. The Labute approximate surface area is 131 Å². The van der Waals surface area contributed by atoms with Gasteiger partial charge in [-0.3, -0.25) is 4.79 Å². The van der Waals surface area contributed by atoms with Crippen LogP contribution in [0.1, 0.15) is 56.9 Å². The number of esters is 2. The number of ether oxygens (including phenoxy) is 2. The van der Waals surface area contributed by atoms with Crippen molar-refractivity contribution in [3.63, 3.8) is 0 Å². The maximum absolute atomic E-state index is 11.8. The molecule has 0 radical (unpaired) electrons. The van der Waals surface area contributed by atoms with E-state index in [1.807, 2.05) is 18.2 Å². The second kappa shape index (κ2) is 5.95. The monoisotopic (exact) mass is 302 g/mol. The van der Waals surface area contributed by atoms with E-state index in [0.29, 0.717) is 5.57 Å². The average molecular weight is 302 g/mol. The van der Waals surface area contributed by atoms with Gasteiger partial charge >= 0.3 is 11.9 Å². The fourth-order valence-corrected chi connectivity index (χ4v) is 2.76. The molecule has 1 aliphatic rings. The number of carbonyl (C=O) groups is 2. The molecule has 0 saturated carbocycles. The average Bonchev–Trinajstić information content (AvgIpc) is 2.67. The number of benzene rings is 1. The predicted octanol–water partition coefficient (Wildman–Crippen LogP) is 3.59. The summed E-state index contributed by atoms with van der Waals surface area (Å²) >= 11 is 0. The summed E-state index contributed by atoms with van der Waals surface area (Å²) < 4.78 is 10.6. The van der Waals surface area contributed by atoms with Crippen LogP contribution in [0.4, 0.5) is 0 Å². The summed E-state index contributed by atoms with van der Waals surface area (Å²) in [6.07, 6.45) is 0.482. The molecule has 118 valence electrons. The Bertz CT molecular complexity index is 628. The Balaban J connectivity index is 2.26. The zero-order chi connectivity index (χ0) is 16.5. The largest absolute Gasteiger partial charge is 0.461 e. The summed E-state index contributed by atoms with van der Waals surface area (Å²) in [6, 6.07) is 5.90. The van der Waals surface area contributed by atoms with Gasteiger partial charge in [-0.1, -0.05) is 38.6 Å². The van der Waals surface area contributed by atoms with Crippen LogP contribution in [0.3, 0.4) is 0 Å². The van der Waals surface area contributed by atoms with Gasteiger partial charge in [0.1, 0.15) is 12.7 Å². The Morgan fingerprint density at radius 2 is 2.00 bits per heavy atom. The minimum Gasteiger partial charge on any atom is -0.461 e. The topological polar surface area (TPSA) is 52.6 Å². The highest BCUT2D eigenvalue weighted by Crippen LogP contribution is 2.46. The number of hydrogen-bond acceptors (Lipinski definition) is 4. The van der Waals surface area contributed by atoms with Crippen LogP contribution in [0.5, 0.6) is 0 Å². The quantitative estimate of drug-likeness (QED) is 0.630. The van der Waals surface area contributed by atoms with Gasteiger partial charge in [0, 0.05) is 12.5 Å². The highest BCUT2D eigenvalue weighted by molar-refractivity contribution is 5.87. The Morgan fingerprint density at radius 3 is 2.59 bits per heavy atom. The molecule has 1 unspecified atom stereocenters. The highest BCUT2D eigenvalue weighted by Gasteiger charge is 2.39. The molecule has 1 atom stereocenters. The van der Waals surface area contributed by atoms with Gasteiger partial charge < -0.3 is 9.47 Å². The van der Waals surface area contributed by atoms with Crippen LogP contribution in [-0.4, -0.2) is 11.9 Å². The van der Waals surface area contributed by atoms with Gasteiger partial charge in [-0.05, 0) is 35.4 Å². The lowest BCUT2D eigenvalue weighted by atomic mass is 9.86. The predicted molar refractivity (Wildman–Crippen MR) is 83.2 cm³/mol. The number of rotatable bonds is 4. The van der Waals surface area contributed by atoms with Crippen molar-refractivity contribution < 1.29 is 19.1 Å². The van der Waals surface area contributed by atoms with Crippen molar-refractivity contribution in [2.24, 2.45) is 0 Å². The van der Waals surface area contributed by atoms with Crippen molar-refractivity contribution in [2.45, 2.75) is 52.2 Å². The molecule has 0 spiro atoms. The Kier molecular flexibility index (Phi) is 4.40. The number of hydrogen-bond donors (Lipinski definition) is 0. The van der Waals surface area contributed by atoms with Crippen LogP contribution in [0.15, 0.2) is 30.4 Å². The molecule has 0 aliphatic heterocycles. The maximum atomic E-state index is 11.8. The summed E-state index contributed by atoms with van der Waals surface area (Å²) in [7, 11) is 0. The van der Waals surface area contributed by atoms with E-state index < -0.39 is 0 Å². The Hall–Kier alpha value is -2.10. The third-order valence-corrected chi connectivity index (χ3v) is 3.93. The fraction of sp³-hybridized carbons (Fsp3) is 0.444. The minimum absolute atomic E-state index is 0.0956. The Morgan fingerprint density at radius 1 is 1.32 bits per heavy atom. The smallest absolute Gasteiger partial charge is 0.333 e. The second-order valence-corrected chi connectivity index (χ2v) is 6.46. The third kappa shape index (κ3) is 3.38. The SMILES string of the molecule is C=C(C)C(=O)OC1CC(C)(C)c2cc(COC(C)=O)ccc21. The molecular weight excluding hydrogens is 280 g/mol. The van der Waals surface area contributed by atoms with Gasteiger partial charge in [-0.2, -0.15) is 0 Å². The van der Waals surface area contributed by atoms with Crippen LogP contribution < -0.4 is 0 Å². The maximum Gasteiger partial charge on any atom is 0.333 e. The first-order valence-corrected chi connectivity index (χ1v) is 7.34. The van der Waals surface area contributed by atoms with Crippen LogP contribution in [0, 0.1) is 0 Å². The summed E-state index contributed by atoms with van der Waals surface area (Å²) in [5, 5.41) is 0. The number of fused-ring (bicyclic) bond motifs is 1. The van der Waals surface area contributed by atoms with E-state index in [1.54, 1.807) is 6.92 Å². The van der Waals surface area contributed by atoms with Gasteiger partial charge in [-0.25, -0.2) is 4.79 Å². The van der Waals surface area contributed by atoms with Crippen molar-refractivity contribution in [2.75, 3.05) is 0 Å². The molecule has 0 aromatic heterocycles. The molecule has 0 heterocycles. The summed E-state index contributed by atoms with van der Waals surface area (Å²) in [4.78, 5) is 22.7. The summed E-state index contributed by atoms with van der Waals surface area (Å²) in [5.74, 6) is -0.661. The number of carbonyl (C=O) groups excluding carboxylic acids is 2. The summed E-state index contributed by atoms with van der Waals surface area (Å²) in [6.45, 7) is 11.2. The third-order valence-electron chi connectivity index (χ3n) is 3.93. The zero-order valence-electron chi connectivity index (χ0n) is 13.6. The fourth-order valence-electron chi connectivity index (χ4n) is 2.76. The van der Waals surface area contributed by atoms with E-state index in [9.17, 15) is 9.59 Å². The molecular formula is C18H22O4. The normalized spacial score (nSPS) is 18.5. The molecule has 0 saturated heterocycles. The molecule has 4 heteroatoms. The zero-order valence-corrected chi connectivity index (χ0v) is 13.6. The van der Waals surface area contributed by atoms with E-state index in [1.165, 1.54) is 6.92 Å². The van der Waals surface area contributed by atoms with Crippen molar-refractivity contribution in [1.82, 2.24) is 0 Å². The first-order valence-electron chi connectivity index (χ1n) is 7.34. The van der Waals surface area contributed by atoms with Crippen LogP contribution >= 0.6 is 0 Å². The van der Waals surface area contributed by atoms with E-state index in [0.717, 1.165) is 23.1 Å². The molecule has 4 nitrogen and oxygen atoms in total. The minimum atomic E-state index is -0.363. The van der Waals surface area contributed by atoms with Gasteiger partial charge in [0.25, 0.3) is 0 Å². The van der Waals surface area contributed by atoms with E-state index in [-0.39, 0.29) is 30.1 Å². The van der Waals surface area contributed by atoms with Gasteiger partial charge in [0.05, 0.1) is 0 Å². The first kappa shape index (κ1) is 16.3. The van der Waals surface area contributed by atoms with Crippen molar-refractivity contribution in [1.29, 1.82) is 0 Å². The molecule has 1 aromatic rings. The molecule has 0 fully saturated rings. The molecule has 0 amide bonds. The lowest BCUT2D eigenvalue weighted by Gasteiger charge is -2.19. The lowest BCUT2D eigenvalue weighted by molar-refractivity contribution is -0.145. The standard InChI is InChI=1S/C18H22O4/c1-11(2)17(20)22-16-9-18(4,5)15-8-13(6-7-14(15)16)10-21-12(3)19/h6-8,16H,1,9-10H2,2-5H3. The molecule has 1 aromatic carbocycles. The van der Waals surface area contributed by atoms with E-state index in [4.69, 9.17) is 9.47 Å². The van der Waals surface area contributed by atoms with Gasteiger partial charge in [0.15, 0.2) is 0 Å². The van der Waals surface area contributed by atoms with Gasteiger partial charge in [0.2, 0.25) is 0 Å². The van der Waals surface area contributed by atoms with Crippen molar-refractivity contribution in [3.8, 4) is 0 Å². The molecule has 1 aliphatic carbocycles. The lowest BCUT2D eigenvalue weighted by Crippen LogP contribution is -2.14. The van der Waals surface area contributed by atoms with Crippen LogP contribution in [0.25, 0.3) is 0 Å². The van der Waals surface area contributed by atoms with Crippen molar-refractivity contribution >= 4 is 11.9 Å².